The summed E-state index contributed by atoms with van der Waals surface area (Å²) < 4.78 is 5.37. The highest BCUT2D eigenvalue weighted by molar-refractivity contribution is 7.98. The molecule has 4 rings (SSSR count). The lowest BCUT2D eigenvalue weighted by atomic mass is 9.95. The molecule has 0 aromatic carbocycles. The van der Waals surface area contributed by atoms with Crippen molar-refractivity contribution in [3.63, 3.8) is 0 Å². The maximum absolute atomic E-state index is 5.50. The topological polar surface area (TPSA) is 131 Å². The fourth-order valence-electron chi connectivity index (χ4n) is 2.73. The summed E-state index contributed by atoms with van der Waals surface area (Å²) in [4.78, 5) is 13.0. The molecule has 0 atom stereocenters. The van der Waals surface area contributed by atoms with Crippen LogP contribution in [-0.4, -0.2) is 36.9 Å². The van der Waals surface area contributed by atoms with Crippen LogP contribution < -0.4 is 11.1 Å². The van der Waals surface area contributed by atoms with Crippen molar-refractivity contribution >= 4 is 17.7 Å². The lowest BCUT2D eigenvalue weighted by molar-refractivity contribution is 0.391. The van der Waals surface area contributed by atoms with E-state index in [1.54, 1.807) is 0 Å². The average Bonchev–Trinajstić information content (AvgIpc) is 3.22. The van der Waals surface area contributed by atoms with Crippen LogP contribution in [-0.2, 0) is 18.7 Å². The van der Waals surface area contributed by atoms with Crippen LogP contribution in [0, 0.1) is 6.92 Å². The summed E-state index contributed by atoms with van der Waals surface area (Å²) in [5.41, 5.74) is 9.85. The third-order valence-corrected chi connectivity index (χ3v) is 4.66. The molecule has 0 saturated heterocycles. The van der Waals surface area contributed by atoms with E-state index in [0.29, 0.717) is 22.6 Å². The van der Waals surface area contributed by atoms with Crippen LogP contribution in [0.3, 0.4) is 0 Å². The third kappa shape index (κ3) is 2.85. The first-order valence-electron chi connectivity index (χ1n) is 7.52. The monoisotopic (exact) mass is 344 g/mol. The summed E-state index contributed by atoms with van der Waals surface area (Å²) in [5.74, 6) is 1.87. The first-order valence-corrected chi connectivity index (χ1v) is 8.51. The van der Waals surface area contributed by atoms with Crippen LogP contribution in [0.5, 0.6) is 0 Å². The van der Waals surface area contributed by atoms with Gasteiger partial charge in [-0.1, -0.05) is 16.9 Å². The summed E-state index contributed by atoms with van der Waals surface area (Å²) >= 11 is 1.38. The van der Waals surface area contributed by atoms with E-state index in [1.165, 1.54) is 22.9 Å². The first-order chi connectivity index (χ1) is 11.7. The van der Waals surface area contributed by atoms with Crippen molar-refractivity contribution in [1.29, 1.82) is 0 Å². The summed E-state index contributed by atoms with van der Waals surface area (Å²) in [6.45, 7) is 3.73. The van der Waals surface area contributed by atoms with Crippen LogP contribution in [0.1, 0.15) is 22.7 Å². The lowest BCUT2D eigenvalue weighted by Crippen LogP contribution is -2.24. The number of hydrogen-bond donors (Lipinski definition) is 3. The van der Waals surface area contributed by atoms with Gasteiger partial charge in [-0.15, -0.1) is 5.10 Å². The number of nitrogens with one attached hydrogen (secondary N) is 2. The summed E-state index contributed by atoms with van der Waals surface area (Å²) in [5, 5.41) is 14.6. The minimum atomic E-state index is 0.287. The van der Waals surface area contributed by atoms with Gasteiger partial charge in [-0.2, -0.15) is 9.97 Å². The molecule has 0 spiro atoms. The highest BCUT2D eigenvalue weighted by Crippen LogP contribution is 2.29. The standard InChI is InChI=1S/C14H16N8OS/c1-7-11(9-2-3-16-4-8(9)5-17-7)12-18-10(23-22-12)6-24-14-19-13(15)20-21-14/h5,16H,2-4,6H2,1H3,(H3,15,19,20,21). The third-order valence-electron chi connectivity index (χ3n) is 3.83. The Balaban J connectivity index is 1.58. The molecule has 3 aromatic heterocycles. The van der Waals surface area contributed by atoms with Gasteiger partial charge in [0.2, 0.25) is 22.8 Å². The highest BCUT2D eigenvalue weighted by Gasteiger charge is 2.21. The molecular weight excluding hydrogens is 328 g/mol. The molecule has 1 aliphatic heterocycles. The molecule has 0 radical (unpaired) electrons. The molecule has 10 heteroatoms. The molecule has 0 unspecified atom stereocenters. The molecule has 124 valence electrons. The van der Waals surface area contributed by atoms with Gasteiger partial charge >= 0.3 is 0 Å². The largest absolute Gasteiger partial charge is 0.368 e. The molecule has 9 nitrogen and oxygen atoms in total. The average molecular weight is 344 g/mol. The van der Waals surface area contributed by atoms with Gasteiger partial charge in [0.15, 0.2) is 0 Å². The fourth-order valence-corrected chi connectivity index (χ4v) is 3.37. The van der Waals surface area contributed by atoms with Gasteiger partial charge in [-0.25, -0.2) is 5.10 Å². The maximum atomic E-state index is 5.50. The number of hydrogen-bond acceptors (Lipinski definition) is 9. The minimum absolute atomic E-state index is 0.287. The second-order valence-electron chi connectivity index (χ2n) is 5.45. The first kappa shape index (κ1) is 15.1. The van der Waals surface area contributed by atoms with Gasteiger partial charge in [0.25, 0.3) is 0 Å². The zero-order valence-electron chi connectivity index (χ0n) is 13.0. The molecule has 0 saturated carbocycles. The van der Waals surface area contributed by atoms with Crippen molar-refractivity contribution in [2.24, 2.45) is 0 Å². The highest BCUT2D eigenvalue weighted by atomic mass is 32.2. The molecule has 1 aliphatic rings. The molecule has 4 N–H and O–H groups in total. The number of aryl methyl sites for hydroxylation is 1. The van der Waals surface area contributed by atoms with Crippen molar-refractivity contribution in [3.05, 3.63) is 28.9 Å². The second kappa shape index (κ2) is 6.21. The number of rotatable bonds is 4. The van der Waals surface area contributed by atoms with Gasteiger partial charge < -0.3 is 15.6 Å². The van der Waals surface area contributed by atoms with Gasteiger partial charge in [0, 0.05) is 24.0 Å². The number of nitrogens with two attached hydrogens (primary N) is 1. The van der Waals surface area contributed by atoms with E-state index in [0.717, 1.165) is 30.8 Å². The lowest BCUT2D eigenvalue weighted by Gasteiger charge is -2.19. The van der Waals surface area contributed by atoms with Gasteiger partial charge in [0.05, 0.1) is 5.75 Å². The predicted octanol–water partition coefficient (Wildman–Crippen LogP) is 1.08. The number of nitrogen functional groups attached to an aromatic ring is 1. The summed E-state index contributed by atoms with van der Waals surface area (Å²) in [6, 6.07) is 0. The van der Waals surface area contributed by atoms with Crippen molar-refractivity contribution in [2.75, 3.05) is 12.3 Å². The van der Waals surface area contributed by atoms with E-state index in [1.807, 2.05) is 13.1 Å². The Bertz CT molecular complexity index is 874. The number of H-pyrrole nitrogens is 1. The number of nitrogens with zero attached hydrogens (tertiary/aromatic N) is 5. The second-order valence-corrected chi connectivity index (χ2v) is 6.40. The Hall–Kier alpha value is -2.46. The van der Waals surface area contributed by atoms with E-state index < -0.39 is 0 Å². The number of fused-ring (bicyclic) bond motifs is 1. The Morgan fingerprint density at radius 3 is 3.12 bits per heavy atom. The zero-order valence-corrected chi connectivity index (χ0v) is 13.9. The quantitative estimate of drug-likeness (QED) is 0.595. The molecular formula is C14H16N8OS. The van der Waals surface area contributed by atoms with Crippen LogP contribution in [0.2, 0.25) is 0 Å². The minimum Gasteiger partial charge on any atom is -0.368 e. The van der Waals surface area contributed by atoms with Gasteiger partial charge in [-0.05, 0) is 31.0 Å². The zero-order chi connectivity index (χ0) is 16.5. The summed E-state index contributed by atoms with van der Waals surface area (Å²) in [7, 11) is 0. The van der Waals surface area contributed by atoms with Crippen LogP contribution in [0.4, 0.5) is 5.95 Å². The Morgan fingerprint density at radius 2 is 2.29 bits per heavy atom. The Kier molecular flexibility index (Phi) is 3.90. The molecule has 0 fully saturated rings. The molecule has 4 heterocycles. The Labute approximate surface area is 141 Å². The van der Waals surface area contributed by atoms with Crippen molar-refractivity contribution < 1.29 is 4.52 Å². The molecule has 0 bridgehead atoms. The van der Waals surface area contributed by atoms with Crippen LogP contribution >= 0.6 is 11.8 Å². The summed E-state index contributed by atoms with van der Waals surface area (Å²) in [6.07, 6.45) is 2.86. The van der Waals surface area contributed by atoms with Crippen molar-refractivity contribution in [3.8, 4) is 11.4 Å². The number of aromatic nitrogens is 6. The molecule has 0 aliphatic carbocycles. The van der Waals surface area contributed by atoms with Crippen LogP contribution in [0.15, 0.2) is 15.9 Å². The fraction of sp³-hybridized carbons (Fsp3) is 0.357. The number of aromatic amines is 1. The predicted molar refractivity (Wildman–Crippen MR) is 88.0 cm³/mol. The van der Waals surface area contributed by atoms with E-state index in [9.17, 15) is 0 Å². The van der Waals surface area contributed by atoms with E-state index in [2.05, 4.69) is 35.6 Å². The number of pyridine rings is 1. The van der Waals surface area contributed by atoms with E-state index >= 15 is 0 Å². The SMILES string of the molecule is Cc1ncc2c(c1-c1noc(CSc3n[nH]c(N)n3)n1)CCNC2. The smallest absolute Gasteiger partial charge is 0.237 e. The number of anilines is 1. The number of thioether (sulfide) groups is 1. The molecule has 24 heavy (non-hydrogen) atoms. The van der Waals surface area contributed by atoms with Gasteiger partial charge in [-0.3, -0.25) is 4.98 Å². The molecule has 0 amide bonds. The van der Waals surface area contributed by atoms with Crippen molar-refractivity contribution in [1.82, 2.24) is 35.6 Å². The normalized spacial score (nSPS) is 13.9. The van der Waals surface area contributed by atoms with Crippen molar-refractivity contribution in [2.45, 2.75) is 30.8 Å². The Morgan fingerprint density at radius 1 is 1.38 bits per heavy atom. The van der Waals surface area contributed by atoms with Crippen LogP contribution in [0.25, 0.3) is 11.4 Å². The molecule has 3 aromatic rings. The van der Waals surface area contributed by atoms with E-state index in [-0.39, 0.29) is 5.95 Å². The maximum Gasteiger partial charge on any atom is 0.237 e. The van der Waals surface area contributed by atoms with E-state index in [4.69, 9.17) is 10.3 Å². The van der Waals surface area contributed by atoms with Gasteiger partial charge in [0.1, 0.15) is 0 Å².